The maximum atomic E-state index is 11.8. The topological polar surface area (TPSA) is 77.1 Å². The highest BCUT2D eigenvalue weighted by Gasteiger charge is 2.13. The van der Waals surface area contributed by atoms with Gasteiger partial charge in [-0.05, 0) is 29.3 Å². The molecule has 0 bridgehead atoms. The van der Waals surface area contributed by atoms with Crippen molar-refractivity contribution in [3.63, 3.8) is 0 Å². The second-order valence-electron chi connectivity index (χ2n) is 4.49. The molecule has 3 aromatic heterocycles. The Morgan fingerprint density at radius 1 is 1.27 bits per heavy atom. The van der Waals surface area contributed by atoms with Crippen molar-refractivity contribution in [3.05, 3.63) is 50.5 Å². The fourth-order valence-electron chi connectivity index (χ4n) is 1.88. The quantitative estimate of drug-likeness (QED) is 0.747. The molecule has 0 spiro atoms. The number of carbonyl (C=O) groups is 1. The van der Waals surface area contributed by atoms with Crippen molar-refractivity contribution in [3.8, 4) is 10.8 Å². The minimum Gasteiger partial charge on any atom is -0.387 e. The van der Waals surface area contributed by atoms with Crippen molar-refractivity contribution in [2.45, 2.75) is 13.0 Å². The molecule has 0 saturated carbocycles. The second kappa shape index (κ2) is 6.71. The van der Waals surface area contributed by atoms with Gasteiger partial charge < -0.3 is 9.73 Å². The lowest BCUT2D eigenvalue weighted by Crippen LogP contribution is -2.32. The Kier molecular flexibility index (Phi) is 4.50. The summed E-state index contributed by atoms with van der Waals surface area (Å²) >= 11 is 3.07. The summed E-state index contributed by atoms with van der Waals surface area (Å²) in [4.78, 5) is 25.5. The number of hydrogen-bond acceptors (Lipinski definition) is 6. The number of carbonyl (C=O) groups excluding carboxylic acids is 1. The lowest BCUT2D eigenvalue weighted by atomic mass is 10.3. The molecular weight excluding hydrogens is 322 g/mol. The van der Waals surface area contributed by atoms with Gasteiger partial charge in [-0.3, -0.25) is 4.79 Å². The Hall–Kier alpha value is -2.19. The van der Waals surface area contributed by atoms with E-state index in [0.717, 1.165) is 16.0 Å². The highest BCUT2D eigenvalue weighted by atomic mass is 32.1. The Morgan fingerprint density at radius 2 is 2.09 bits per heavy atom. The number of hydrogen-bond donors (Lipinski definition) is 1. The molecule has 0 atom stereocenters. The van der Waals surface area contributed by atoms with E-state index in [0.29, 0.717) is 6.54 Å². The van der Waals surface area contributed by atoms with Gasteiger partial charge in [0.25, 0.3) is 5.89 Å². The lowest BCUT2D eigenvalue weighted by Gasteiger charge is -2.02. The summed E-state index contributed by atoms with van der Waals surface area (Å²) in [7, 11) is 0. The van der Waals surface area contributed by atoms with Crippen LogP contribution in [0, 0.1) is 0 Å². The van der Waals surface area contributed by atoms with Crippen molar-refractivity contribution in [2.75, 3.05) is 6.54 Å². The standard InChI is InChI=1S/C14H13N3O3S2/c18-12(15-6-5-10-3-1-7-21-10)9-17-14(19)20-13(16-17)11-4-2-8-22-11/h1-4,7-8H,5-6,9H2,(H,15,18). The maximum absolute atomic E-state index is 11.8. The summed E-state index contributed by atoms with van der Waals surface area (Å²) in [5, 5.41) is 10.7. The average molecular weight is 335 g/mol. The number of thiophene rings is 2. The van der Waals surface area contributed by atoms with E-state index in [-0.39, 0.29) is 18.3 Å². The van der Waals surface area contributed by atoms with E-state index in [1.807, 2.05) is 29.0 Å². The number of rotatable bonds is 6. The zero-order valence-electron chi connectivity index (χ0n) is 11.5. The summed E-state index contributed by atoms with van der Waals surface area (Å²) in [5.41, 5.74) is 0. The molecule has 6 nitrogen and oxygen atoms in total. The monoisotopic (exact) mass is 335 g/mol. The molecule has 0 radical (unpaired) electrons. The largest absolute Gasteiger partial charge is 0.437 e. The first-order chi connectivity index (χ1) is 10.7. The van der Waals surface area contributed by atoms with Crippen LogP contribution in [-0.2, 0) is 17.8 Å². The summed E-state index contributed by atoms with van der Waals surface area (Å²) in [5.74, 6) is -0.645. The van der Waals surface area contributed by atoms with Crippen LogP contribution in [0.3, 0.4) is 0 Å². The zero-order chi connectivity index (χ0) is 15.4. The summed E-state index contributed by atoms with van der Waals surface area (Å²) in [6.07, 6.45) is 0.775. The van der Waals surface area contributed by atoms with E-state index in [1.54, 1.807) is 17.4 Å². The third-order valence-corrected chi connectivity index (χ3v) is 4.70. The summed E-state index contributed by atoms with van der Waals surface area (Å²) in [6.45, 7) is 0.391. The summed E-state index contributed by atoms with van der Waals surface area (Å²) < 4.78 is 6.09. The Balaban J connectivity index is 1.56. The predicted molar refractivity (Wildman–Crippen MR) is 85.1 cm³/mol. The van der Waals surface area contributed by atoms with Crippen molar-refractivity contribution in [1.82, 2.24) is 15.1 Å². The highest BCUT2D eigenvalue weighted by Crippen LogP contribution is 2.20. The molecule has 8 heteroatoms. The van der Waals surface area contributed by atoms with Crippen LogP contribution in [-0.4, -0.2) is 22.2 Å². The Bertz CT molecular complexity index is 788. The molecule has 3 rings (SSSR count). The fourth-order valence-corrected chi connectivity index (χ4v) is 3.23. The van der Waals surface area contributed by atoms with E-state index >= 15 is 0 Å². The normalized spacial score (nSPS) is 10.7. The molecule has 0 aliphatic heterocycles. The highest BCUT2D eigenvalue weighted by molar-refractivity contribution is 7.13. The number of aromatic nitrogens is 2. The fraction of sp³-hybridized carbons (Fsp3) is 0.214. The molecular formula is C14H13N3O3S2. The molecule has 0 aliphatic rings. The number of nitrogens with zero attached hydrogens (tertiary/aromatic N) is 2. The average Bonchev–Trinajstić information content (AvgIpc) is 3.21. The minimum absolute atomic E-state index is 0.141. The zero-order valence-corrected chi connectivity index (χ0v) is 13.2. The molecule has 0 aromatic carbocycles. The van der Waals surface area contributed by atoms with Gasteiger partial charge in [0.05, 0.1) is 4.88 Å². The van der Waals surface area contributed by atoms with Crippen molar-refractivity contribution < 1.29 is 9.21 Å². The van der Waals surface area contributed by atoms with Gasteiger partial charge in [-0.2, -0.15) is 4.68 Å². The molecule has 0 aliphatic carbocycles. The molecule has 1 N–H and O–H groups in total. The maximum Gasteiger partial charge on any atom is 0.437 e. The molecule has 0 saturated heterocycles. The Morgan fingerprint density at radius 3 is 2.82 bits per heavy atom. The van der Waals surface area contributed by atoms with Gasteiger partial charge in [-0.25, -0.2) is 4.79 Å². The molecule has 3 aromatic rings. The van der Waals surface area contributed by atoms with Crippen LogP contribution < -0.4 is 11.1 Å². The lowest BCUT2D eigenvalue weighted by molar-refractivity contribution is -0.121. The van der Waals surface area contributed by atoms with Gasteiger partial charge in [0.2, 0.25) is 5.91 Å². The number of nitrogens with one attached hydrogen (secondary N) is 1. The van der Waals surface area contributed by atoms with E-state index in [9.17, 15) is 9.59 Å². The van der Waals surface area contributed by atoms with Gasteiger partial charge in [-0.15, -0.1) is 27.8 Å². The van der Waals surface area contributed by atoms with E-state index in [1.165, 1.54) is 16.2 Å². The van der Waals surface area contributed by atoms with Gasteiger partial charge in [0, 0.05) is 11.4 Å². The van der Waals surface area contributed by atoms with Crippen LogP contribution in [0.2, 0.25) is 0 Å². The van der Waals surface area contributed by atoms with Crippen LogP contribution >= 0.6 is 22.7 Å². The van der Waals surface area contributed by atoms with Gasteiger partial charge in [0.1, 0.15) is 6.54 Å². The van der Waals surface area contributed by atoms with E-state index < -0.39 is 5.76 Å². The molecule has 0 fully saturated rings. The first-order valence-electron chi connectivity index (χ1n) is 6.63. The van der Waals surface area contributed by atoms with Gasteiger partial charge >= 0.3 is 5.76 Å². The van der Waals surface area contributed by atoms with Crippen LogP contribution in [0.5, 0.6) is 0 Å². The van der Waals surface area contributed by atoms with Gasteiger partial charge in [-0.1, -0.05) is 12.1 Å². The van der Waals surface area contributed by atoms with E-state index in [4.69, 9.17) is 4.42 Å². The smallest absolute Gasteiger partial charge is 0.387 e. The predicted octanol–water partition coefficient (Wildman–Crippen LogP) is 1.99. The second-order valence-corrected chi connectivity index (χ2v) is 6.47. The van der Waals surface area contributed by atoms with Crippen molar-refractivity contribution >= 4 is 28.6 Å². The third kappa shape index (κ3) is 3.52. The first kappa shape index (κ1) is 14.7. The minimum atomic E-state index is -0.628. The van der Waals surface area contributed by atoms with Crippen molar-refractivity contribution in [2.24, 2.45) is 0 Å². The third-order valence-electron chi connectivity index (χ3n) is 2.91. The molecule has 1 amide bonds. The summed E-state index contributed by atoms with van der Waals surface area (Å²) in [6, 6.07) is 7.65. The first-order valence-corrected chi connectivity index (χ1v) is 8.39. The number of amides is 1. The van der Waals surface area contributed by atoms with Crippen LogP contribution in [0.4, 0.5) is 0 Å². The van der Waals surface area contributed by atoms with Crippen LogP contribution in [0.15, 0.2) is 44.2 Å². The SMILES string of the molecule is O=C(Cn1nc(-c2cccs2)oc1=O)NCCc1cccs1. The molecule has 0 unspecified atom stereocenters. The van der Waals surface area contributed by atoms with E-state index in [2.05, 4.69) is 10.4 Å². The molecule has 3 heterocycles. The van der Waals surface area contributed by atoms with Crippen LogP contribution in [0.25, 0.3) is 10.8 Å². The van der Waals surface area contributed by atoms with Gasteiger partial charge in [0.15, 0.2) is 0 Å². The Labute approximate surface area is 134 Å². The molecule has 114 valence electrons. The van der Waals surface area contributed by atoms with Crippen molar-refractivity contribution in [1.29, 1.82) is 0 Å². The molecule has 22 heavy (non-hydrogen) atoms. The van der Waals surface area contributed by atoms with Crippen LogP contribution in [0.1, 0.15) is 4.88 Å².